The molecule has 9 nitrogen and oxygen atoms in total. The van der Waals surface area contributed by atoms with Crippen molar-refractivity contribution in [1.82, 2.24) is 4.90 Å². The predicted octanol–water partition coefficient (Wildman–Crippen LogP) is 3.39. The van der Waals surface area contributed by atoms with Crippen LogP contribution in [0.1, 0.15) is 83.3 Å². The Morgan fingerprint density at radius 3 is 2.66 bits per heavy atom. The monoisotopic (exact) mass is 567 g/mol. The molecule has 2 unspecified atom stereocenters. The number of esters is 2. The fourth-order valence-corrected chi connectivity index (χ4v) is 6.98. The summed E-state index contributed by atoms with van der Waals surface area (Å²) in [6.45, 7) is 8.81. The first-order valence-electron chi connectivity index (χ1n) is 14.5. The quantitative estimate of drug-likeness (QED) is 0.263. The topological polar surface area (TPSA) is 115 Å². The molecule has 1 fully saturated rings. The van der Waals surface area contributed by atoms with Crippen molar-refractivity contribution in [1.29, 1.82) is 0 Å². The molecule has 1 saturated heterocycles. The van der Waals surface area contributed by atoms with Crippen LogP contribution in [0.4, 0.5) is 0 Å². The number of carbonyl (C=O) groups excluding carboxylic acids is 2. The van der Waals surface area contributed by atoms with Crippen molar-refractivity contribution >= 4 is 11.9 Å². The Bertz CT molecular complexity index is 1290. The number of rotatable bonds is 9. The van der Waals surface area contributed by atoms with Crippen LogP contribution >= 0.6 is 0 Å². The molecule has 2 N–H and O–H groups in total. The molecule has 9 heteroatoms. The smallest absolute Gasteiger partial charge is 0.339 e. The number of aliphatic hydroxyl groups is 2. The molecule has 3 aliphatic heterocycles. The number of carbonyl (C=O) groups is 2. The van der Waals surface area contributed by atoms with Crippen LogP contribution in [0.15, 0.2) is 23.8 Å². The minimum atomic E-state index is -2.12. The number of hydrogen-bond acceptors (Lipinski definition) is 9. The summed E-state index contributed by atoms with van der Waals surface area (Å²) in [4.78, 5) is 29.0. The van der Waals surface area contributed by atoms with Crippen LogP contribution in [-0.2, 0) is 25.5 Å². The molecule has 4 aliphatic rings. The predicted molar refractivity (Wildman–Crippen MR) is 150 cm³/mol. The Hall–Kier alpha value is -3.06. The van der Waals surface area contributed by atoms with E-state index in [0.29, 0.717) is 18.6 Å². The zero-order valence-corrected chi connectivity index (χ0v) is 24.5. The summed E-state index contributed by atoms with van der Waals surface area (Å²) in [5.41, 5.74) is -0.298. The molecule has 4 atom stereocenters. The summed E-state index contributed by atoms with van der Waals surface area (Å²) in [5.74, 6) is 4.91. The van der Waals surface area contributed by atoms with Crippen molar-refractivity contribution in [2.24, 2.45) is 0 Å². The molecule has 41 heavy (non-hydrogen) atoms. The van der Waals surface area contributed by atoms with E-state index >= 15 is 0 Å². The van der Waals surface area contributed by atoms with Gasteiger partial charge in [-0.15, -0.1) is 5.92 Å². The third kappa shape index (κ3) is 5.83. The van der Waals surface area contributed by atoms with Gasteiger partial charge in [0.2, 0.25) is 6.79 Å². The van der Waals surface area contributed by atoms with E-state index in [4.69, 9.17) is 18.9 Å². The van der Waals surface area contributed by atoms with Crippen LogP contribution in [0.25, 0.3) is 0 Å². The van der Waals surface area contributed by atoms with Gasteiger partial charge in [0.25, 0.3) is 0 Å². The third-order valence-electron chi connectivity index (χ3n) is 8.89. The number of nitrogens with zero attached hydrogens (tertiary/aromatic N) is 1. The van der Waals surface area contributed by atoms with E-state index in [2.05, 4.69) is 22.8 Å². The molecular weight excluding hydrogens is 526 g/mol. The Kier molecular flexibility index (Phi) is 8.12. The molecule has 1 aromatic rings. The number of benzene rings is 1. The Balaban J connectivity index is 1.45. The lowest BCUT2D eigenvalue weighted by Crippen LogP contribution is -2.49. The average Bonchev–Trinajstić information content (AvgIpc) is 3.57. The first-order valence-corrected chi connectivity index (χ1v) is 14.5. The van der Waals surface area contributed by atoms with Crippen LogP contribution in [-0.4, -0.2) is 76.4 Å². The highest BCUT2D eigenvalue weighted by Crippen LogP contribution is 2.55. The fraction of sp³-hybridized carbons (Fsp3) is 0.625. The summed E-state index contributed by atoms with van der Waals surface area (Å²) < 4.78 is 22.8. The normalized spacial score (nSPS) is 26.0. The molecule has 5 rings (SSSR count). The van der Waals surface area contributed by atoms with E-state index < -0.39 is 35.7 Å². The SMILES string of the molecule is CC#CCOC(=O)CC(O)(CCCC(C)(C)O)C(=O)OC1C(C)=C[C@]23CCCN2CCc2cc4c(cc2[C@H]13)OCO4. The minimum absolute atomic E-state index is 0.0585. The highest BCUT2D eigenvalue weighted by atomic mass is 16.7. The first-order chi connectivity index (χ1) is 19.5. The van der Waals surface area contributed by atoms with Crippen LogP contribution in [0, 0.1) is 11.8 Å². The summed E-state index contributed by atoms with van der Waals surface area (Å²) in [6, 6.07) is 4.07. The van der Waals surface area contributed by atoms with Gasteiger partial charge in [-0.05, 0) is 102 Å². The van der Waals surface area contributed by atoms with Crippen molar-refractivity contribution in [3.05, 3.63) is 34.9 Å². The van der Waals surface area contributed by atoms with Gasteiger partial charge in [-0.3, -0.25) is 9.69 Å². The molecule has 3 heterocycles. The van der Waals surface area contributed by atoms with E-state index in [1.165, 1.54) is 0 Å². The molecule has 0 radical (unpaired) electrons. The molecular formula is C32H41NO8. The van der Waals surface area contributed by atoms with Crippen LogP contribution in [0.2, 0.25) is 0 Å². The van der Waals surface area contributed by atoms with Gasteiger partial charge in [-0.2, -0.15) is 0 Å². The van der Waals surface area contributed by atoms with Crippen LogP contribution in [0.5, 0.6) is 11.5 Å². The number of fused-ring (bicyclic) bond motifs is 3. The lowest BCUT2D eigenvalue weighted by Gasteiger charge is -2.40. The standard InChI is InChI=1S/C32H41NO8/c1-5-6-15-38-26(34)19-32(37,12-7-10-30(3,4)36)29(35)41-28-21(2)18-31-11-8-13-33(31)14-9-22-16-24-25(40-20-39-24)17-23(22)27(28)31/h16-18,27-28,36-37H,7-15,19-20H2,1-4H3/t27-,28?,31+,32?/m1/s1. The van der Waals surface area contributed by atoms with E-state index in [0.717, 1.165) is 54.8 Å². The molecule has 0 saturated carbocycles. The van der Waals surface area contributed by atoms with Gasteiger partial charge in [-0.1, -0.05) is 12.0 Å². The molecule has 0 amide bonds. The van der Waals surface area contributed by atoms with Crippen LogP contribution in [0.3, 0.4) is 0 Å². The maximum absolute atomic E-state index is 13.9. The van der Waals surface area contributed by atoms with Gasteiger partial charge in [0.05, 0.1) is 17.6 Å². The molecule has 0 aromatic heterocycles. The molecule has 1 aliphatic carbocycles. The maximum atomic E-state index is 13.9. The number of hydrogen-bond donors (Lipinski definition) is 2. The molecule has 1 aromatic carbocycles. The van der Waals surface area contributed by atoms with Crippen molar-refractivity contribution in [3.63, 3.8) is 0 Å². The second kappa shape index (κ2) is 11.3. The lowest BCUT2D eigenvalue weighted by atomic mass is 9.77. The second-order valence-electron chi connectivity index (χ2n) is 12.4. The van der Waals surface area contributed by atoms with E-state index in [1.54, 1.807) is 20.8 Å². The molecule has 222 valence electrons. The fourth-order valence-electron chi connectivity index (χ4n) is 6.98. The van der Waals surface area contributed by atoms with Crippen molar-refractivity contribution in [2.45, 2.75) is 101 Å². The molecule has 1 spiro atoms. The average molecular weight is 568 g/mol. The maximum Gasteiger partial charge on any atom is 0.339 e. The largest absolute Gasteiger partial charge is 0.455 e. The summed E-state index contributed by atoms with van der Waals surface area (Å²) in [5, 5.41) is 21.9. The highest BCUT2D eigenvalue weighted by Gasteiger charge is 2.57. The summed E-state index contributed by atoms with van der Waals surface area (Å²) >= 11 is 0. The van der Waals surface area contributed by atoms with Gasteiger partial charge in [0, 0.05) is 12.5 Å². The summed E-state index contributed by atoms with van der Waals surface area (Å²) in [6.07, 6.45) is 4.44. The van der Waals surface area contributed by atoms with Crippen molar-refractivity contribution in [2.75, 3.05) is 26.5 Å². The third-order valence-corrected chi connectivity index (χ3v) is 8.89. The van der Waals surface area contributed by atoms with Gasteiger partial charge >= 0.3 is 11.9 Å². The van der Waals surface area contributed by atoms with E-state index in [-0.39, 0.29) is 31.3 Å². The van der Waals surface area contributed by atoms with Gasteiger partial charge in [0.15, 0.2) is 23.7 Å². The zero-order valence-electron chi connectivity index (χ0n) is 24.5. The molecule has 0 bridgehead atoms. The van der Waals surface area contributed by atoms with E-state index in [1.807, 2.05) is 19.1 Å². The highest BCUT2D eigenvalue weighted by molar-refractivity contribution is 5.86. The van der Waals surface area contributed by atoms with E-state index in [9.17, 15) is 19.8 Å². The van der Waals surface area contributed by atoms with Gasteiger partial charge < -0.3 is 29.2 Å². The second-order valence-corrected chi connectivity index (χ2v) is 12.4. The zero-order chi connectivity index (χ0) is 29.4. The van der Waals surface area contributed by atoms with Gasteiger partial charge in [0.1, 0.15) is 6.10 Å². The lowest BCUT2D eigenvalue weighted by molar-refractivity contribution is -0.177. The van der Waals surface area contributed by atoms with Crippen molar-refractivity contribution < 1.29 is 38.7 Å². The van der Waals surface area contributed by atoms with Crippen molar-refractivity contribution in [3.8, 4) is 23.3 Å². The van der Waals surface area contributed by atoms with Gasteiger partial charge in [-0.25, -0.2) is 4.79 Å². The Morgan fingerprint density at radius 2 is 1.93 bits per heavy atom. The summed E-state index contributed by atoms with van der Waals surface area (Å²) in [7, 11) is 0. The first kappa shape index (κ1) is 29.4. The van der Waals surface area contributed by atoms with Crippen LogP contribution < -0.4 is 9.47 Å². The number of ether oxygens (including phenoxy) is 4. The minimum Gasteiger partial charge on any atom is -0.455 e. The Morgan fingerprint density at radius 1 is 1.17 bits per heavy atom. The Labute approximate surface area is 241 Å².